The number of allylic oxidation sites excluding steroid dienone is 1. The zero-order chi connectivity index (χ0) is 22.6. The highest BCUT2D eigenvalue weighted by Gasteiger charge is 2.10. The summed E-state index contributed by atoms with van der Waals surface area (Å²) in [5.41, 5.74) is 3.97. The zero-order valence-electron chi connectivity index (χ0n) is 19.9. The van der Waals surface area contributed by atoms with Crippen LogP contribution in [0.1, 0.15) is 61.0 Å². The molecule has 0 amide bonds. The second kappa shape index (κ2) is 13.0. The number of hydrogen-bond donors (Lipinski definition) is 0. The molecule has 4 heteroatoms. The van der Waals surface area contributed by atoms with E-state index >= 15 is 0 Å². The van der Waals surface area contributed by atoms with Crippen LogP contribution in [0.25, 0.3) is 6.08 Å². The van der Waals surface area contributed by atoms with Gasteiger partial charge in [-0.1, -0.05) is 51.0 Å². The van der Waals surface area contributed by atoms with Crippen molar-refractivity contribution in [1.29, 1.82) is 0 Å². The highest BCUT2D eigenvalue weighted by Crippen LogP contribution is 2.22. The highest BCUT2D eigenvalue weighted by atomic mass is 16.5. The number of nitrogens with zero attached hydrogens (tertiary/aromatic N) is 2. The Bertz CT molecular complexity index is 850. The van der Waals surface area contributed by atoms with Crippen molar-refractivity contribution >= 4 is 17.5 Å². The van der Waals surface area contributed by atoms with E-state index in [2.05, 4.69) is 35.8 Å². The summed E-state index contributed by atoms with van der Waals surface area (Å²) in [5, 5.41) is 0. The van der Waals surface area contributed by atoms with Gasteiger partial charge in [0.25, 0.3) is 0 Å². The molecule has 0 saturated heterocycles. The van der Waals surface area contributed by atoms with Crippen molar-refractivity contribution in [3.63, 3.8) is 0 Å². The number of ketones is 1. The fraction of sp³-hybridized carbons (Fsp3) is 0.444. The summed E-state index contributed by atoms with van der Waals surface area (Å²) in [7, 11) is 5.75. The summed E-state index contributed by atoms with van der Waals surface area (Å²) < 4.78 is 5.47. The van der Waals surface area contributed by atoms with E-state index in [9.17, 15) is 4.79 Å². The van der Waals surface area contributed by atoms with E-state index in [4.69, 9.17) is 4.74 Å². The molecule has 168 valence electrons. The minimum atomic E-state index is 0.0257. The summed E-state index contributed by atoms with van der Waals surface area (Å²) in [6, 6.07) is 14.1. The molecule has 4 nitrogen and oxygen atoms in total. The Hall–Kier alpha value is -2.59. The SMILES string of the molecule is CCCCN(CCCC)c1cccc(C(=O)/C=C/c2ccc(OC)c(CN(C)C)c2)c1. The maximum Gasteiger partial charge on any atom is 0.185 e. The van der Waals surface area contributed by atoms with Gasteiger partial charge in [0.2, 0.25) is 0 Å². The van der Waals surface area contributed by atoms with Gasteiger partial charge >= 0.3 is 0 Å². The van der Waals surface area contributed by atoms with Gasteiger partial charge in [-0.25, -0.2) is 0 Å². The number of methoxy groups -OCH3 is 1. The largest absolute Gasteiger partial charge is 0.496 e. The predicted octanol–water partition coefficient (Wildman–Crippen LogP) is 6.06. The molecule has 0 aliphatic rings. The fourth-order valence-electron chi connectivity index (χ4n) is 3.56. The maximum absolute atomic E-state index is 12.9. The van der Waals surface area contributed by atoms with Crippen LogP contribution >= 0.6 is 0 Å². The van der Waals surface area contributed by atoms with Crippen LogP contribution in [-0.2, 0) is 6.54 Å². The Morgan fingerprint density at radius 1 is 1.00 bits per heavy atom. The van der Waals surface area contributed by atoms with Crippen LogP contribution in [0.3, 0.4) is 0 Å². The Morgan fingerprint density at radius 3 is 2.32 bits per heavy atom. The molecule has 0 radical (unpaired) electrons. The van der Waals surface area contributed by atoms with Crippen LogP contribution in [-0.4, -0.2) is 45.0 Å². The first-order chi connectivity index (χ1) is 15.0. The average Bonchev–Trinajstić information content (AvgIpc) is 2.77. The van der Waals surface area contributed by atoms with E-state index in [0.717, 1.165) is 60.6 Å². The van der Waals surface area contributed by atoms with Crippen LogP contribution in [0.15, 0.2) is 48.5 Å². The molecule has 0 atom stereocenters. The van der Waals surface area contributed by atoms with Gasteiger partial charge in [0.1, 0.15) is 5.75 Å². The van der Waals surface area contributed by atoms with Crippen LogP contribution in [0.5, 0.6) is 5.75 Å². The van der Waals surface area contributed by atoms with Crippen LogP contribution in [0.4, 0.5) is 5.69 Å². The summed E-state index contributed by atoms with van der Waals surface area (Å²) >= 11 is 0. The third-order valence-corrected chi connectivity index (χ3v) is 5.28. The molecular weight excluding hydrogens is 384 g/mol. The Balaban J connectivity index is 2.18. The van der Waals surface area contributed by atoms with Gasteiger partial charge in [-0.3, -0.25) is 4.79 Å². The average molecular weight is 423 g/mol. The van der Waals surface area contributed by atoms with Crippen molar-refractivity contribution in [2.24, 2.45) is 0 Å². The smallest absolute Gasteiger partial charge is 0.185 e. The molecule has 31 heavy (non-hydrogen) atoms. The van der Waals surface area contributed by atoms with E-state index in [1.165, 1.54) is 12.8 Å². The minimum absolute atomic E-state index is 0.0257. The summed E-state index contributed by atoms with van der Waals surface area (Å²) in [4.78, 5) is 17.4. The van der Waals surface area contributed by atoms with Crippen molar-refractivity contribution in [2.45, 2.75) is 46.1 Å². The standard InChI is InChI=1S/C27H38N2O2/c1-6-8-17-29(18-9-7-2)25-12-10-11-23(20-25)26(30)15-13-22-14-16-27(31-5)24(19-22)21-28(3)4/h10-16,19-20H,6-9,17-18,21H2,1-5H3/b15-13+. The molecule has 0 spiro atoms. The van der Waals surface area contributed by atoms with E-state index in [0.29, 0.717) is 0 Å². The zero-order valence-corrected chi connectivity index (χ0v) is 19.9. The number of unbranched alkanes of at least 4 members (excludes halogenated alkanes) is 2. The molecule has 0 aliphatic carbocycles. The Kier molecular flexibility index (Phi) is 10.3. The Morgan fingerprint density at radius 2 is 1.71 bits per heavy atom. The molecule has 0 N–H and O–H groups in total. The van der Waals surface area contributed by atoms with Crippen LogP contribution in [0, 0.1) is 0 Å². The van der Waals surface area contributed by atoms with E-state index in [1.807, 2.05) is 50.5 Å². The summed E-state index contributed by atoms with van der Waals surface area (Å²) in [6.07, 6.45) is 8.22. The molecular formula is C27H38N2O2. The lowest BCUT2D eigenvalue weighted by molar-refractivity contribution is 0.104. The number of rotatable bonds is 13. The van der Waals surface area contributed by atoms with Crippen LogP contribution < -0.4 is 9.64 Å². The fourth-order valence-corrected chi connectivity index (χ4v) is 3.56. The van der Waals surface area contributed by atoms with Crippen molar-refractivity contribution in [1.82, 2.24) is 4.90 Å². The van der Waals surface area contributed by atoms with Crippen molar-refractivity contribution in [2.75, 3.05) is 39.2 Å². The second-order valence-corrected chi connectivity index (χ2v) is 8.25. The van der Waals surface area contributed by atoms with Crippen molar-refractivity contribution in [3.8, 4) is 5.75 Å². The lowest BCUT2D eigenvalue weighted by atomic mass is 10.1. The molecule has 2 rings (SSSR count). The first-order valence-electron chi connectivity index (χ1n) is 11.4. The summed E-state index contributed by atoms with van der Waals surface area (Å²) in [6.45, 7) is 7.28. The van der Waals surface area contributed by atoms with Gasteiger partial charge in [-0.15, -0.1) is 0 Å². The van der Waals surface area contributed by atoms with Crippen molar-refractivity contribution in [3.05, 3.63) is 65.2 Å². The maximum atomic E-state index is 12.9. The number of hydrogen-bond acceptors (Lipinski definition) is 4. The minimum Gasteiger partial charge on any atom is -0.496 e. The molecule has 0 heterocycles. The quantitative estimate of drug-likeness (QED) is 0.290. The molecule has 0 fully saturated rings. The van der Waals surface area contributed by atoms with Gasteiger partial charge < -0.3 is 14.5 Å². The van der Waals surface area contributed by atoms with Crippen LogP contribution in [0.2, 0.25) is 0 Å². The van der Waals surface area contributed by atoms with E-state index in [-0.39, 0.29) is 5.78 Å². The Labute approximate surface area is 188 Å². The van der Waals surface area contributed by atoms with Gasteiger partial charge in [0.05, 0.1) is 7.11 Å². The van der Waals surface area contributed by atoms with Gasteiger partial charge in [0, 0.05) is 36.4 Å². The van der Waals surface area contributed by atoms with Gasteiger partial charge in [-0.05, 0) is 62.8 Å². The van der Waals surface area contributed by atoms with E-state index in [1.54, 1.807) is 13.2 Å². The third-order valence-electron chi connectivity index (χ3n) is 5.28. The third kappa shape index (κ3) is 7.87. The molecule has 0 bridgehead atoms. The topological polar surface area (TPSA) is 32.8 Å². The second-order valence-electron chi connectivity index (χ2n) is 8.25. The monoisotopic (exact) mass is 422 g/mol. The first-order valence-corrected chi connectivity index (χ1v) is 11.4. The molecule has 0 aromatic heterocycles. The van der Waals surface area contributed by atoms with E-state index < -0.39 is 0 Å². The van der Waals surface area contributed by atoms with Crippen molar-refractivity contribution < 1.29 is 9.53 Å². The number of anilines is 1. The molecule has 2 aromatic rings. The highest BCUT2D eigenvalue weighted by molar-refractivity contribution is 6.07. The summed E-state index contributed by atoms with van der Waals surface area (Å²) in [5.74, 6) is 0.891. The molecule has 0 aliphatic heterocycles. The number of ether oxygens (including phenoxy) is 1. The number of carbonyl (C=O) groups excluding carboxylic acids is 1. The number of benzene rings is 2. The molecule has 0 unspecified atom stereocenters. The van der Waals surface area contributed by atoms with Gasteiger partial charge in [0.15, 0.2) is 5.78 Å². The van der Waals surface area contributed by atoms with Gasteiger partial charge in [-0.2, -0.15) is 0 Å². The first kappa shape index (κ1) is 24.7. The predicted molar refractivity (Wildman–Crippen MR) is 132 cm³/mol. The lowest BCUT2D eigenvalue weighted by Gasteiger charge is -2.25. The normalized spacial score (nSPS) is 11.3. The molecule has 0 saturated carbocycles. The number of carbonyl (C=O) groups is 1. The lowest BCUT2D eigenvalue weighted by Crippen LogP contribution is -2.25. The molecule has 2 aromatic carbocycles.